The van der Waals surface area contributed by atoms with Crippen LogP contribution in [0.5, 0.6) is 0 Å². The van der Waals surface area contributed by atoms with E-state index in [1.807, 2.05) is 12.1 Å². The molecule has 0 saturated heterocycles. The van der Waals surface area contributed by atoms with Gasteiger partial charge in [0.15, 0.2) is 0 Å². The molecule has 122 valence electrons. The molecule has 1 atom stereocenters. The first-order valence-corrected chi connectivity index (χ1v) is 8.26. The number of nitrogens with one attached hydrogen (secondary N) is 2. The molecule has 1 unspecified atom stereocenters. The third-order valence-corrected chi connectivity index (χ3v) is 4.59. The smallest absolute Gasteiger partial charge is 0.225 e. The second kappa shape index (κ2) is 5.80. The number of para-hydroxylation sites is 1. The Morgan fingerprint density at radius 1 is 1.12 bits per heavy atom. The van der Waals surface area contributed by atoms with Crippen molar-refractivity contribution in [1.29, 1.82) is 0 Å². The van der Waals surface area contributed by atoms with Gasteiger partial charge in [0.1, 0.15) is 0 Å². The van der Waals surface area contributed by atoms with Crippen molar-refractivity contribution in [2.75, 3.05) is 19.4 Å². The fraction of sp³-hybridized carbons (Fsp3) is 0.250. The molecule has 4 nitrogen and oxygen atoms in total. The number of nitrogens with zero attached hydrogens (tertiary/aromatic N) is 1. The summed E-state index contributed by atoms with van der Waals surface area (Å²) in [5.74, 6) is 0.151. The minimum atomic E-state index is 0.0725. The maximum absolute atomic E-state index is 12.3. The fourth-order valence-corrected chi connectivity index (χ4v) is 3.59. The maximum Gasteiger partial charge on any atom is 0.225 e. The minimum absolute atomic E-state index is 0.0725. The number of hydrogen-bond donors (Lipinski definition) is 2. The highest BCUT2D eigenvalue weighted by Crippen LogP contribution is 2.41. The number of H-pyrrole nitrogens is 1. The molecule has 3 aromatic rings. The molecule has 1 aliphatic rings. The van der Waals surface area contributed by atoms with Gasteiger partial charge in [0.25, 0.3) is 0 Å². The highest BCUT2D eigenvalue weighted by atomic mass is 16.1. The number of hydrogen-bond acceptors (Lipinski definition) is 2. The van der Waals surface area contributed by atoms with Gasteiger partial charge in [0.2, 0.25) is 5.91 Å². The number of carbonyl (C=O) groups is 1. The molecule has 0 radical (unpaired) electrons. The van der Waals surface area contributed by atoms with Crippen molar-refractivity contribution < 1.29 is 4.79 Å². The van der Waals surface area contributed by atoms with Crippen LogP contribution in [-0.2, 0) is 11.3 Å². The Morgan fingerprint density at radius 3 is 2.79 bits per heavy atom. The van der Waals surface area contributed by atoms with Crippen LogP contribution in [0.1, 0.15) is 29.2 Å². The van der Waals surface area contributed by atoms with E-state index >= 15 is 0 Å². The zero-order chi connectivity index (χ0) is 16.7. The molecule has 1 aliphatic heterocycles. The number of aromatic nitrogens is 1. The second-order valence-electron chi connectivity index (χ2n) is 6.75. The average Bonchev–Trinajstić information content (AvgIpc) is 2.92. The number of carbonyl (C=O) groups excluding carboxylic acids is 1. The van der Waals surface area contributed by atoms with Gasteiger partial charge in [-0.1, -0.05) is 42.5 Å². The van der Waals surface area contributed by atoms with Gasteiger partial charge in [0, 0.05) is 35.5 Å². The van der Waals surface area contributed by atoms with Crippen molar-refractivity contribution in [2.45, 2.75) is 18.9 Å². The van der Waals surface area contributed by atoms with Crippen LogP contribution in [0.25, 0.3) is 10.9 Å². The number of anilines is 1. The summed E-state index contributed by atoms with van der Waals surface area (Å²) < 4.78 is 0. The van der Waals surface area contributed by atoms with E-state index in [1.54, 1.807) is 0 Å². The SMILES string of the molecule is CN(C)Cc1cccc(C2CC(=O)Nc3c2[nH]c2ccccc32)c1. The molecular weight excluding hydrogens is 298 g/mol. The number of fused-ring (bicyclic) bond motifs is 3. The first-order chi connectivity index (χ1) is 11.6. The molecule has 4 rings (SSSR count). The summed E-state index contributed by atoms with van der Waals surface area (Å²) >= 11 is 0. The van der Waals surface area contributed by atoms with Crippen molar-refractivity contribution in [2.24, 2.45) is 0 Å². The Morgan fingerprint density at radius 2 is 1.96 bits per heavy atom. The van der Waals surface area contributed by atoms with Gasteiger partial charge in [-0.15, -0.1) is 0 Å². The Kier molecular flexibility index (Phi) is 3.62. The molecule has 1 aromatic heterocycles. The van der Waals surface area contributed by atoms with Crippen LogP contribution in [0.15, 0.2) is 48.5 Å². The van der Waals surface area contributed by atoms with E-state index in [4.69, 9.17) is 0 Å². The first kappa shape index (κ1) is 15.0. The molecule has 0 fully saturated rings. The van der Waals surface area contributed by atoms with Crippen molar-refractivity contribution >= 4 is 22.5 Å². The van der Waals surface area contributed by atoms with E-state index in [2.05, 4.69) is 65.7 Å². The van der Waals surface area contributed by atoms with Crippen molar-refractivity contribution in [1.82, 2.24) is 9.88 Å². The van der Waals surface area contributed by atoms with E-state index < -0.39 is 0 Å². The topological polar surface area (TPSA) is 48.1 Å². The molecule has 0 aliphatic carbocycles. The van der Waals surface area contributed by atoms with Gasteiger partial charge in [-0.25, -0.2) is 0 Å². The van der Waals surface area contributed by atoms with E-state index in [1.165, 1.54) is 11.1 Å². The van der Waals surface area contributed by atoms with Gasteiger partial charge in [-0.3, -0.25) is 4.79 Å². The molecule has 2 aromatic carbocycles. The molecule has 0 spiro atoms. The average molecular weight is 319 g/mol. The Hall–Kier alpha value is -2.59. The summed E-state index contributed by atoms with van der Waals surface area (Å²) in [7, 11) is 4.13. The van der Waals surface area contributed by atoms with Gasteiger partial charge in [-0.2, -0.15) is 0 Å². The molecule has 0 saturated carbocycles. The summed E-state index contributed by atoms with van der Waals surface area (Å²) in [5, 5.41) is 4.13. The number of rotatable bonds is 3. The van der Waals surface area contributed by atoms with Gasteiger partial charge >= 0.3 is 0 Å². The quantitative estimate of drug-likeness (QED) is 0.773. The predicted molar refractivity (Wildman–Crippen MR) is 97.2 cm³/mol. The van der Waals surface area contributed by atoms with Crippen molar-refractivity contribution in [3.05, 3.63) is 65.4 Å². The zero-order valence-electron chi connectivity index (χ0n) is 14.0. The lowest BCUT2D eigenvalue weighted by molar-refractivity contribution is -0.116. The summed E-state index contributed by atoms with van der Waals surface area (Å²) in [6, 6.07) is 16.7. The molecule has 4 heteroatoms. The van der Waals surface area contributed by atoms with Crippen molar-refractivity contribution in [3.8, 4) is 0 Å². The van der Waals surface area contributed by atoms with Crippen LogP contribution in [0.3, 0.4) is 0 Å². The molecule has 0 bridgehead atoms. The molecule has 1 amide bonds. The predicted octanol–water partition coefficient (Wildman–Crippen LogP) is 3.70. The third-order valence-electron chi connectivity index (χ3n) is 4.59. The standard InChI is InChI=1S/C20H21N3O/c1-23(2)12-13-6-5-7-14(10-13)16-11-18(24)22-19-15-8-3-4-9-17(15)21-20(16)19/h3-10,16,21H,11-12H2,1-2H3,(H,22,24). The number of benzene rings is 2. The molecule has 2 N–H and O–H groups in total. The highest BCUT2D eigenvalue weighted by Gasteiger charge is 2.29. The molecular formula is C20H21N3O. The van der Waals surface area contributed by atoms with Gasteiger partial charge < -0.3 is 15.2 Å². The number of aromatic amines is 1. The highest BCUT2D eigenvalue weighted by molar-refractivity contribution is 6.05. The summed E-state index contributed by atoms with van der Waals surface area (Å²) in [6.07, 6.45) is 0.477. The van der Waals surface area contributed by atoms with Crippen LogP contribution in [0.4, 0.5) is 5.69 Å². The van der Waals surface area contributed by atoms with E-state index in [9.17, 15) is 4.79 Å². The largest absolute Gasteiger partial charge is 0.356 e. The van der Waals surface area contributed by atoms with Crippen LogP contribution < -0.4 is 5.32 Å². The Bertz CT molecular complexity index is 910. The van der Waals surface area contributed by atoms with Crippen LogP contribution in [-0.4, -0.2) is 29.9 Å². The van der Waals surface area contributed by atoms with Gasteiger partial charge in [0.05, 0.1) is 5.69 Å². The maximum atomic E-state index is 12.3. The van der Waals surface area contributed by atoms with Crippen LogP contribution in [0.2, 0.25) is 0 Å². The first-order valence-electron chi connectivity index (χ1n) is 8.26. The molecule has 2 heterocycles. The van der Waals surface area contributed by atoms with Crippen LogP contribution >= 0.6 is 0 Å². The van der Waals surface area contributed by atoms with Crippen molar-refractivity contribution in [3.63, 3.8) is 0 Å². The van der Waals surface area contributed by atoms with E-state index in [0.717, 1.165) is 28.8 Å². The minimum Gasteiger partial charge on any atom is -0.356 e. The Labute approximate surface area is 141 Å². The summed E-state index contributed by atoms with van der Waals surface area (Å²) in [4.78, 5) is 18.0. The lowest BCUT2D eigenvalue weighted by Crippen LogP contribution is -2.23. The Balaban J connectivity index is 1.81. The summed E-state index contributed by atoms with van der Waals surface area (Å²) in [5.41, 5.74) is 5.57. The fourth-order valence-electron chi connectivity index (χ4n) is 3.59. The zero-order valence-corrected chi connectivity index (χ0v) is 14.0. The summed E-state index contributed by atoms with van der Waals surface area (Å²) in [6.45, 7) is 0.895. The number of amides is 1. The van der Waals surface area contributed by atoms with E-state index in [-0.39, 0.29) is 11.8 Å². The van der Waals surface area contributed by atoms with Crippen LogP contribution in [0, 0.1) is 0 Å². The third kappa shape index (κ3) is 2.59. The normalized spacial score (nSPS) is 17.1. The lowest BCUT2D eigenvalue weighted by Gasteiger charge is -2.24. The molecule has 24 heavy (non-hydrogen) atoms. The lowest BCUT2D eigenvalue weighted by atomic mass is 9.88. The second-order valence-corrected chi connectivity index (χ2v) is 6.75. The van der Waals surface area contributed by atoms with E-state index in [0.29, 0.717) is 6.42 Å². The van der Waals surface area contributed by atoms with Gasteiger partial charge in [-0.05, 0) is 31.3 Å². The monoisotopic (exact) mass is 319 g/mol.